The van der Waals surface area contributed by atoms with Crippen molar-refractivity contribution in [1.82, 2.24) is 9.97 Å². The summed E-state index contributed by atoms with van der Waals surface area (Å²) in [6.07, 6.45) is 0.718. The van der Waals surface area contributed by atoms with Crippen LogP contribution in [0.25, 0.3) is 11.3 Å². The van der Waals surface area contributed by atoms with Crippen LogP contribution in [0.4, 0.5) is 11.8 Å². The van der Waals surface area contributed by atoms with Gasteiger partial charge in [0.25, 0.3) is 0 Å². The third-order valence-corrected chi connectivity index (χ3v) is 4.62. The molecule has 1 heterocycles. The Balaban J connectivity index is 0.00000280. The number of nitrogen functional groups attached to an aromatic ring is 1. The van der Waals surface area contributed by atoms with Gasteiger partial charge in [0.2, 0.25) is 5.95 Å². The normalized spacial score (nSPS) is 10.2. The van der Waals surface area contributed by atoms with Crippen LogP contribution < -0.4 is 11.1 Å². The fourth-order valence-electron chi connectivity index (χ4n) is 2.73. The molecule has 0 aliphatic rings. The second-order valence-corrected chi connectivity index (χ2v) is 6.50. The van der Waals surface area contributed by atoms with E-state index < -0.39 is 5.97 Å². The van der Waals surface area contributed by atoms with Crippen LogP contribution in [0.1, 0.15) is 21.5 Å². The molecule has 3 rings (SSSR count). The van der Waals surface area contributed by atoms with E-state index in [0.717, 1.165) is 23.1 Å². The van der Waals surface area contributed by atoms with Gasteiger partial charge >= 0.3 is 35.5 Å². The van der Waals surface area contributed by atoms with Gasteiger partial charge in [-0.25, -0.2) is 9.78 Å². The number of nitrogens with two attached hydrogens (primary N) is 1. The Labute approximate surface area is 190 Å². The second-order valence-electron chi connectivity index (χ2n) is 6.09. The van der Waals surface area contributed by atoms with Crippen LogP contribution in [0.3, 0.4) is 0 Å². The first-order valence-corrected chi connectivity index (χ1v) is 8.78. The molecule has 0 aliphatic heterocycles. The standard InChI is InChI=1S/C20H19ClN4O2.Na.H/c1-12-15(3-2-4-16(12)21)17-11-18(25-20(22)24-17)23-10-9-13-5-7-14(8-6-13)19(26)27;;/h2-8,11H,9-10H2,1H3,(H,26,27)(H3,22,23,24,25);;. The van der Waals surface area contributed by atoms with E-state index in [1.807, 2.05) is 31.2 Å². The molecule has 0 aliphatic carbocycles. The summed E-state index contributed by atoms with van der Waals surface area (Å²) in [6, 6.07) is 14.3. The van der Waals surface area contributed by atoms with E-state index in [2.05, 4.69) is 15.3 Å². The molecular formula is C20H20ClN4NaO2. The zero-order valence-electron chi connectivity index (χ0n) is 14.7. The number of benzene rings is 2. The van der Waals surface area contributed by atoms with Crippen LogP contribution in [0.15, 0.2) is 48.5 Å². The van der Waals surface area contributed by atoms with E-state index in [1.54, 1.807) is 24.3 Å². The monoisotopic (exact) mass is 406 g/mol. The van der Waals surface area contributed by atoms with Crippen molar-refractivity contribution in [3.63, 3.8) is 0 Å². The molecule has 0 amide bonds. The summed E-state index contributed by atoms with van der Waals surface area (Å²) < 4.78 is 0. The predicted molar refractivity (Wildman–Crippen MR) is 114 cm³/mol. The SMILES string of the molecule is Cc1c(Cl)cccc1-c1cc(NCCc2ccc(C(=O)O)cc2)nc(N)n1.[NaH]. The molecule has 1 aromatic heterocycles. The molecule has 140 valence electrons. The molecule has 3 aromatic rings. The van der Waals surface area contributed by atoms with Gasteiger partial charge in [-0.15, -0.1) is 0 Å². The van der Waals surface area contributed by atoms with E-state index in [-0.39, 0.29) is 41.1 Å². The molecule has 28 heavy (non-hydrogen) atoms. The molecule has 0 fully saturated rings. The van der Waals surface area contributed by atoms with E-state index >= 15 is 0 Å². The van der Waals surface area contributed by atoms with Gasteiger partial charge in [0.1, 0.15) is 5.82 Å². The summed E-state index contributed by atoms with van der Waals surface area (Å²) in [7, 11) is 0. The summed E-state index contributed by atoms with van der Waals surface area (Å²) in [5.41, 5.74) is 9.71. The quantitative estimate of drug-likeness (QED) is 0.542. The van der Waals surface area contributed by atoms with Crippen molar-refractivity contribution in [3.8, 4) is 11.3 Å². The van der Waals surface area contributed by atoms with Gasteiger partial charge in [-0.1, -0.05) is 35.9 Å². The number of aromatic nitrogens is 2. The van der Waals surface area contributed by atoms with Crippen molar-refractivity contribution >= 4 is 58.9 Å². The maximum atomic E-state index is 10.9. The Bertz CT molecular complexity index is 980. The number of carboxylic acids is 1. The van der Waals surface area contributed by atoms with Gasteiger partial charge < -0.3 is 16.2 Å². The molecule has 0 saturated carbocycles. The number of halogens is 1. The molecule has 8 heteroatoms. The Morgan fingerprint density at radius 3 is 2.57 bits per heavy atom. The van der Waals surface area contributed by atoms with Gasteiger partial charge in [-0.3, -0.25) is 0 Å². The number of nitrogens with zero attached hydrogens (tertiary/aromatic N) is 2. The van der Waals surface area contributed by atoms with Crippen LogP contribution >= 0.6 is 11.6 Å². The molecule has 0 bridgehead atoms. The maximum absolute atomic E-state index is 10.9. The molecular weight excluding hydrogens is 387 g/mol. The van der Waals surface area contributed by atoms with Crippen LogP contribution in [0.5, 0.6) is 0 Å². The number of aromatic carboxylic acids is 1. The summed E-state index contributed by atoms with van der Waals surface area (Å²) in [6.45, 7) is 2.56. The molecule has 0 atom stereocenters. The third-order valence-electron chi connectivity index (χ3n) is 4.21. The molecule has 0 unspecified atom stereocenters. The summed E-state index contributed by atoms with van der Waals surface area (Å²) in [5.74, 6) is -0.126. The first kappa shape index (κ1) is 22.2. The number of hydrogen-bond acceptors (Lipinski definition) is 5. The van der Waals surface area contributed by atoms with Crippen molar-refractivity contribution < 1.29 is 9.90 Å². The zero-order chi connectivity index (χ0) is 19.4. The van der Waals surface area contributed by atoms with Crippen molar-refractivity contribution in [2.45, 2.75) is 13.3 Å². The summed E-state index contributed by atoms with van der Waals surface area (Å²) >= 11 is 6.20. The number of nitrogens with one attached hydrogen (secondary N) is 1. The fourth-order valence-corrected chi connectivity index (χ4v) is 2.90. The molecule has 0 spiro atoms. The van der Waals surface area contributed by atoms with Crippen LogP contribution in [0, 0.1) is 6.92 Å². The van der Waals surface area contributed by atoms with Crippen molar-refractivity contribution in [3.05, 3.63) is 70.2 Å². The summed E-state index contributed by atoms with van der Waals surface area (Å²) in [4.78, 5) is 19.4. The van der Waals surface area contributed by atoms with Gasteiger partial charge in [-0.2, -0.15) is 4.98 Å². The average Bonchev–Trinajstić information content (AvgIpc) is 2.64. The molecule has 6 nitrogen and oxygen atoms in total. The number of hydrogen-bond donors (Lipinski definition) is 3. The Kier molecular flexibility index (Phi) is 7.83. The van der Waals surface area contributed by atoms with E-state index in [4.69, 9.17) is 22.4 Å². The van der Waals surface area contributed by atoms with Gasteiger partial charge in [0, 0.05) is 23.2 Å². The van der Waals surface area contributed by atoms with Gasteiger partial charge in [0.05, 0.1) is 11.3 Å². The van der Waals surface area contributed by atoms with Crippen LogP contribution in [0.2, 0.25) is 5.02 Å². The van der Waals surface area contributed by atoms with Crippen molar-refractivity contribution in [2.75, 3.05) is 17.6 Å². The predicted octanol–water partition coefficient (Wildman–Crippen LogP) is 3.39. The van der Waals surface area contributed by atoms with Crippen molar-refractivity contribution in [1.29, 1.82) is 0 Å². The Morgan fingerprint density at radius 2 is 1.89 bits per heavy atom. The number of carboxylic acid groups (broad SMARTS) is 1. The average molecular weight is 407 g/mol. The topological polar surface area (TPSA) is 101 Å². The number of carbonyl (C=O) groups is 1. The Hall–Kier alpha value is -2.12. The zero-order valence-corrected chi connectivity index (χ0v) is 15.5. The fraction of sp³-hybridized carbons (Fsp3) is 0.150. The minimum atomic E-state index is -0.931. The first-order chi connectivity index (χ1) is 12.9. The molecule has 0 radical (unpaired) electrons. The molecule has 2 aromatic carbocycles. The number of anilines is 2. The third kappa shape index (κ3) is 5.45. The number of rotatable bonds is 6. The second kappa shape index (κ2) is 9.89. The Morgan fingerprint density at radius 1 is 1.18 bits per heavy atom. The van der Waals surface area contributed by atoms with E-state index in [0.29, 0.717) is 23.1 Å². The first-order valence-electron chi connectivity index (χ1n) is 8.40. The summed E-state index contributed by atoms with van der Waals surface area (Å²) in [5, 5.41) is 12.8. The molecule has 0 saturated heterocycles. The van der Waals surface area contributed by atoms with Gasteiger partial charge in [0.15, 0.2) is 0 Å². The van der Waals surface area contributed by atoms with E-state index in [9.17, 15) is 4.79 Å². The van der Waals surface area contributed by atoms with Crippen LogP contribution in [-0.2, 0) is 6.42 Å². The van der Waals surface area contributed by atoms with Crippen LogP contribution in [-0.4, -0.2) is 57.1 Å². The van der Waals surface area contributed by atoms with Gasteiger partial charge in [-0.05, 0) is 42.7 Å². The van der Waals surface area contributed by atoms with Crippen molar-refractivity contribution in [2.24, 2.45) is 0 Å². The van der Waals surface area contributed by atoms with E-state index in [1.165, 1.54) is 0 Å². The minimum absolute atomic E-state index is 0. The molecule has 4 N–H and O–H groups in total.